The van der Waals surface area contributed by atoms with Crippen molar-refractivity contribution in [2.24, 2.45) is 11.5 Å². The standard InChI is InChI=1S/C30H37N9O6/c1-4-38-22(10-16(2)37-38)29(42)36-30-35-21-12-18(28(33)41)14-24-26(21)39(30)19(15-45-24)6-7-34-25-20(31)11-17(27(32)40)13-23(25)44-9-5-8-43-3/h10-14,19,34H,4-9,15,31H2,1-3H3,(H2,32,40)(H2,33,41)(H,35,36,42)/t19-/m0/s1. The maximum atomic E-state index is 13.4. The Kier molecular flexibility index (Phi) is 9.08. The summed E-state index contributed by atoms with van der Waals surface area (Å²) in [5, 5.41) is 10.6. The van der Waals surface area contributed by atoms with E-state index in [1.165, 1.54) is 6.07 Å². The highest BCUT2D eigenvalue weighted by Crippen LogP contribution is 2.39. The molecule has 0 fully saturated rings. The number of nitrogens with one attached hydrogen (secondary N) is 2. The van der Waals surface area contributed by atoms with Crippen LogP contribution < -0.4 is 37.3 Å². The van der Waals surface area contributed by atoms with E-state index >= 15 is 0 Å². The number of amides is 3. The van der Waals surface area contributed by atoms with Gasteiger partial charge in [0.05, 0.1) is 29.5 Å². The molecule has 1 aliphatic heterocycles. The second-order valence-corrected chi connectivity index (χ2v) is 10.6. The summed E-state index contributed by atoms with van der Waals surface area (Å²) < 4.78 is 20.6. The highest BCUT2D eigenvalue weighted by molar-refractivity contribution is 6.04. The van der Waals surface area contributed by atoms with Crippen molar-refractivity contribution in [1.82, 2.24) is 19.3 Å². The number of hydrogen-bond donors (Lipinski definition) is 5. The molecule has 0 aliphatic carbocycles. The number of carbonyl (C=O) groups excluding carboxylic acids is 3. The van der Waals surface area contributed by atoms with E-state index in [9.17, 15) is 14.4 Å². The van der Waals surface area contributed by atoms with Crippen LogP contribution in [-0.4, -0.2) is 70.5 Å². The molecule has 0 unspecified atom stereocenters. The van der Waals surface area contributed by atoms with E-state index in [4.69, 9.17) is 31.4 Å². The van der Waals surface area contributed by atoms with Gasteiger partial charge in [-0.25, -0.2) is 4.98 Å². The molecule has 3 amide bonds. The molecule has 2 aromatic heterocycles. The fraction of sp³-hybridized carbons (Fsp3) is 0.367. The van der Waals surface area contributed by atoms with Crippen LogP contribution >= 0.6 is 0 Å². The highest BCUT2D eigenvalue weighted by atomic mass is 16.5. The Morgan fingerprint density at radius 3 is 2.56 bits per heavy atom. The van der Waals surface area contributed by atoms with E-state index < -0.39 is 11.8 Å². The van der Waals surface area contributed by atoms with Gasteiger partial charge in [0, 0.05) is 44.4 Å². The Morgan fingerprint density at radius 1 is 1.09 bits per heavy atom. The van der Waals surface area contributed by atoms with E-state index in [-0.39, 0.29) is 29.7 Å². The Labute approximate surface area is 259 Å². The van der Waals surface area contributed by atoms with Crippen LogP contribution in [0.15, 0.2) is 30.3 Å². The molecule has 1 aliphatic rings. The van der Waals surface area contributed by atoms with Gasteiger partial charge in [0.25, 0.3) is 5.91 Å². The van der Waals surface area contributed by atoms with Crippen LogP contribution in [0.2, 0.25) is 0 Å². The molecule has 0 spiro atoms. The van der Waals surface area contributed by atoms with Gasteiger partial charge in [0.1, 0.15) is 35.0 Å². The normalized spacial score (nSPS) is 13.8. The first-order valence-electron chi connectivity index (χ1n) is 14.5. The predicted molar refractivity (Wildman–Crippen MR) is 168 cm³/mol. The SMILES string of the molecule is CCn1nc(C)cc1C(=O)Nc1nc2cc(C(N)=O)cc3c2n1[C@@H](CCNc1c(N)cc(C(N)=O)cc1OCCCOC)CO3. The number of carbonyl (C=O) groups is 3. The predicted octanol–water partition coefficient (Wildman–Crippen LogP) is 2.44. The molecule has 3 heterocycles. The molecule has 0 radical (unpaired) electrons. The number of aromatic nitrogens is 4. The summed E-state index contributed by atoms with van der Waals surface area (Å²) in [4.78, 5) is 41.9. The van der Waals surface area contributed by atoms with Crippen molar-refractivity contribution >= 4 is 46.1 Å². The molecule has 2 aromatic carbocycles. The van der Waals surface area contributed by atoms with E-state index in [1.54, 1.807) is 36.1 Å². The summed E-state index contributed by atoms with van der Waals surface area (Å²) in [6.07, 6.45) is 1.15. The lowest BCUT2D eigenvalue weighted by Crippen LogP contribution is -2.27. The number of primary amides is 2. The van der Waals surface area contributed by atoms with Crippen molar-refractivity contribution in [3.63, 3.8) is 0 Å². The van der Waals surface area contributed by atoms with Crippen LogP contribution in [0.5, 0.6) is 11.5 Å². The third-order valence-corrected chi connectivity index (χ3v) is 7.44. The molecule has 4 aromatic rings. The zero-order valence-corrected chi connectivity index (χ0v) is 25.4. The summed E-state index contributed by atoms with van der Waals surface area (Å²) in [6.45, 7) is 5.73. The smallest absolute Gasteiger partial charge is 0.276 e. The van der Waals surface area contributed by atoms with Crippen LogP contribution in [0.25, 0.3) is 11.0 Å². The number of rotatable bonds is 14. The number of ether oxygens (including phenoxy) is 3. The van der Waals surface area contributed by atoms with Gasteiger partial charge in [-0.15, -0.1) is 0 Å². The van der Waals surface area contributed by atoms with Crippen molar-refractivity contribution in [2.75, 3.05) is 49.8 Å². The van der Waals surface area contributed by atoms with Crippen molar-refractivity contribution in [2.45, 2.75) is 39.3 Å². The molecular weight excluding hydrogens is 582 g/mol. The second kappa shape index (κ2) is 13.1. The van der Waals surface area contributed by atoms with Gasteiger partial charge >= 0.3 is 0 Å². The zero-order valence-electron chi connectivity index (χ0n) is 25.4. The first-order chi connectivity index (χ1) is 21.6. The Hall–Kier alpha value is -5.31. The number of nitrogen functional groups attached to an aromatic ring is 1. The summed E-state index contributed by atoms with van der Waals surface area (Å²) in [5.41, 5.74) is 20.8. The Balaban J connectivity index is 1.43. The van der Waals surface area contributed by atoms with Crippen LogP contribution in [-0.2, 0) is 11.3 Å². The van der Waals surface area contributed by atoms with Crippen LogP contribution in [0, 0.1) is 6.92 Å². The molecule has 0 bridgehead atoms. The maximum absolute atomic E-state index is 13.4. The van der Waals surface area contributed by atoms with Gasteiger partial charge in [0.15, 0.2) is 0 Å². The number of hydrogen-bond acceptors (Lipinski definition) is 10. The number of benzene rings is 2. The lowest BCUT2D eigenvalue weighted by molar-refractivity contribution is 0.0991. The number of nitrogens with two attached hydrogens (primary N) is 3. The molecule has 8 N–H and O–H groups in total. The second-order valence-electron chi connectivity index (χ2n) is 10.6. The van der Waals surface area contributed by atoms with Crippen molar-refractivity contribution in [1.29, 1.82) is 0 Å². The molecule has 0 saturated carbocycles. The van der Waals surface area contributed by atoms with Gasteiger partial charge < -0.3 is 41.3 Å². The first kappa shape index (κ1) is 31.1. The monoisotopic (exact) mass is 619 g/mol. The third-order valence-electron chi connectivity index (χ3n) is 7.44. The molecule has 238 valence electrons. The lowest BCUT2D eigenvalue weighted by Gasteiger charge is -2.28. The Morgan fingerprint density at radius 2 is 1.84 bits per heavy atom. The average Bonchev–Trinajstić information content (AvgIpc) is 3.57. The summed E-state index contributed by atoms with van der Waals surface area (Å²) in [6, 6.07) is 7.64. The summed E-state index contributed by atoms with van der Waals surface area (Å²) >= 11 is 0. The van der Waals surface area contributed by atoms with Gasteiger partial charge in [0.2, 0.25) is 17.8 Å². The van der Waals surface area contributed by atoms with E-state index in [0.717, 1.165) is 0 Å². The molecule has 15 heteroatoms. The third kappa shape index (κ3) is 6.47. The van der Waals surface area contributed by atoms with E-state index in [2.05, 4.69) is 20.7 Å². The fourth-order valence-corrected chi connectivity index (χ4v) is 5.33. The molecule has 15 nitrogen and oxygen atoms in total. The molecule has 0 saturated heterocycles. The van der Waals surface area contributed by atoms with Gasteiger partial charge in [-0.2, -0.15) is 5.10 Å². The molecule has 5 rings (SSSR count). The van der Waals surface area contributed by atoms with Gasteiger partial charge in [-0.05, 0) is 50.6 Å². The number of aryl methyl sites for hydroxylation is 2. The molecule has 45 heavy (non-hydrogen) atoms. The quantitative estimate of drug-likeness (QED) is 0.103. The van der Waals surface area contributed by atoms with E-state index in [0.29, 0.717) is 90.4 Å². The first-order valence-corrected chi connectivity index (χ1v) is 14.5. The highest BCUT2D eigenvalue weighted by Gasteiger charge is 2.29. The molecule has 1 atom stereocenters. The minimum Gasteiger partial charge on any atom is -0.491 e. The zero-order chi connectivity index (χ0) is 32.2. The number of anilines is 3. The van der Waals surface area contributed by atoms with Gasteiger partial charge in [-0.1, -0.05) is 0 Å². The number of methoxy groups -OCH3 is 1. The Bertz CT molecular complexity index is 1760. The average molecular weight is 620 g/mol. The van der Waals surface area contributed by atoms with Gasteiger partial charge in [-0.3, -0.25) is 24.4 Å². The minimum atomic E-state index is -0.622. The number of nitrogens with zero attached hydrogens (tertiary/aromatic N) is 4. The largest absolute Gasteiger partial charge is 0.491 e. The summed E-state index contributed by atoms with van der Waals surface area (Å²) in [5.74, 6) is -0.494. The minimum absolute atomic E-state index is 0.230. The maximum Gasteiger partial charge on any atom is 0.276 e. The number of imidazole rings is 1. The van der Waals surface area contributed by atoms with Crippen molar-refractivity contribution < 1.29 is 28.6 Å². The van der Waals surface area contributed by atoms with Crippen LogP contribution in [0.4, 0.5) is 17.3 Å². The van der Waals surface area contributed by atoms with Crippen LogP contribution in [0.1, 0.15) is 62.7 Å². The van der Waals surface area contributed by atoms with Crippen molar-refractivity contribution in [3.8, 4) is 11.5 Å². The van der Waals surface area contributed by atoms with Crippen molar-refractivity contribution in [3.05, 3.63) is 52.8 Å². The topological polar surface area (TPSA) is 217 Å². The summed E-state index contributed by atoms with van der Waals surface area (Å²) in [7, 11) is 1.61. The lowest BCUT2D eigenvalue weighted by atomic mass is 10.1. The molecular formula is C30H37N9O6. The van der Waals surface area contributed by atoms with E-state index in [1.807, 2.05) is 18.4 Å². The van der Waals surface area contributed by atoms with Crippen LogP contribution in [0.3, 0.4) is 0 Å². The fourth-order valence-electron chi connectivity index (χ4n) is 5.33.